The van der Waals surface area contributed by atoms with Gasteiger partial charge in [-0.25, -0.2) is 8.42 Å². The molecule has 1 aliphatic heterocycles. The Kier molecular flexibility index (Phi) is 4.70. The first-order chi connectivity index (χ1) is 10.9. The molecule has 0 unspecified atom stereocenters. The van der Waals surface area contributed by atoms with Gasteiger partial charge in [-0.15, -0.1) is 0 Å². The van der Waals surface area contributed by atoms with Crippen molar-refractivity contribution in [3.8, 4) is 5.75 Å². The molecular weight excluding hydrogens is 310 g/mol. The Labute approximate surface area is 139 Å². The van der Waals surface area contributed by atoms with E-state index in [0.717, 1.165) is 18.0 Å². The van der Waals surface area contributed by atoms with Crippen molar-refractivity contribution in [1.82, 2.24) is 4.90 Å². The summed E-state index contributed by atoms with van der Waals surface area (Å²) in [4.78, 5) is 2.88. The largest absolute Gasteiger partial charge is 0.495 e. The number of sulfone groups is 1. The smallest absolute Gasteiger partial charge is 0.179 e. The summed E-state index contributed by atoms with van der Waals surface area (Å²) in [6, 6.07) is 6.81. The first-order valence-corrected chi connectivity index (χ1v) is 10.4. The van der Waals surface area contributed by atoms with E-state index in [1.165, 1.54) is 45.5 Å². The van der Waals surface area contributed by atoms with E-state index >= 15 is 0 Å². The molecule has 1 saturated carbocycles. The number of benzene rings is 1. The fourth-order valence-electron chi connectivity index (χ4n) is 4.39. The summed E-state index contributed by atoms with van der Waals surface area (Å²) in [5.74, 6) is 1.26. The van der Waals surface area contributed by atoms with E-state index < -0.39 is 9.84 Å². The summed E-state index contributed by atoms with van der Waals surface area (Å²) >= 11 is 0. The average Bonchev–Trinajstić information content (AvgIpc) is 2.82. The van der Waals surface area contributed by atoms with E-state index in [9.17, 15) is 8.42 Å². The molecule has 128 valence electrons. The van der Waals surface area contributed by atoms with Crippen LogP contribution in [0, 0.1) is 5.92 Å². The molecule has 0 radical (unpaired) electrons. The maximum atomic E-state index is 12.0. The summed E-state index contributed by atoms with van der Waals surface area (Å²) in [5, 5.41) is 0. The minimum Gasteiger partial charge on any atom is -0.495 e. The second kappa shape index (κ2) is 6.44. The zero-order valence-corrected chi connectivity index (χ0v) is 15.1. The number of fused-ring (bicyclic) bond motifs is 1. The number of hydrogen-bond donors (Lipinski definition) is 0. The molecule has 4 nitrogen and oxygen atoms in total. The van der Waals surface area contributed by atoms with Crippen molar-refractivity contribution in [2.75, 3.05) is 13.4 Å². The molecule has 0 spiro atoms. The molecule has 2 fully saturated rings. The number of rotatable bonds is 4. The summed E-state index contributed by atoms with van der Waals surface area (Å²) in [5.41, 5.74) is 1.06. The van der Waals surface area contributed by atoms with Gasteiger partial charge in [0.1, 0.15) is 10.6 Å². The Morgan fingerprint density at radius 3 is 2.70 bits per heavy atom. The third-order valence-electron chi connectivity index (χ3n) is 5.50. The maximum absolute atomic E-state index is 12.0. The molecule has 2 aliphatic rings. The lowest BCUT2D eigenvalue weighted by Gasteiger charge is -2.33. The van der Waals surface area contributed by atoms with Gasteiger partial charge in [-0.05, 0) is 49.8 Å². The Hall–Kier alpha value is -1.07. The van der Waals surface area contributed by atoms with E-state index in [1.54, 1.807) is 12.1 Å². The van der Waals surface area contributed by atoms with Crippen LogP contribution in [0.25, 0.3) is 0 Å². The predicted molar refractivity (Wildman–Crippen MR) is 91.5 cm³/mol. The normalized spacial score (nSPS) is 28.6. The van der Waals surface area contributed by atoms with Crippen molar-refractivity contribution in [3.63, 3.8) is 0 Å². The molecule has 0 N–H and O–H groups in total. The zero-order chi connectivity index (χ0) is 16.6. The number of methoxy groups -OCH3 is 1. The summed E-state index contributed by atoms with van der Waals surface area (Å²) in [6.45, 7) is 3.13. The van der Waals surface area contributed by atoms with E-state index in [0.29, 0.717) is 22.7 Å². The lowest BCUT2D eigenvalue weighted by molar-refractivity contribution is 0.149. The van der Waals surface area contributed by atoms with Gasteiger partial charge < -0.3 is 4.74 Å². The molecule has 1 aromatic rings. The Balaban J connectivity index is 1.85. The van der Waals surface area contributed by atoms with Crippen molar-refractivity contribution in [3.05, 3.63) is 23.8 Å². The van der Waals surface area contributed by atoms with Crippen LogP contribution in [0.15, 0.2) is 23.1 Å². The number of hydrogen-bond acceptors (Lipinski definition) is 4. The average molecular weight is 337 g/mol. The first kappa shape index (κ1) is 16.8. The van der Waals surface area contributed by atoms with Crippen LogP contribution in [0.2, 0.25) is 0 Å². The molecular formula is C18H27NO3S. The van der Waals surface area contributed by atoms with E-state index in [1.807, 2.05) is 6.07 Å². The maximum Gasteiger partial charge on any atom is 0.179 e. The first-order valence-electron chi connectivity index (χ1n) is 8.53. The predicted octanol–water partition coefficient (Wildman–Crippen LogP) is 3.25. The van der Waals surface area contributed by atoms with Gasteiger partial charge in [0.15, 0.2) is 9.84 Å². The molecule has 1 aromatic carbocycles. The molecule has 0 amide bonds. The van der Waals surface area contributed by atoms with Crippen LogP contribution >= 0.6 is 0 Å². The number of nitrogens with zero attached hydrogens (tertiary/aromatic N) is 1. The van der Waals surface area contributed by atoms with Crippen molar-refractivity contribution < 1.29 is 13.2 Å². The van der Waals surface area contributed by atoms with Gasteiger partial charge in [0.25, 0.3) is 0 Å². The highest BCUT2D eigenvalue weighted by Crippen LogP contribution is 2.40. The van der Waals surface area contributed by atoms with Crippen molar-refractivity contribution in [2.24, 2.45) is 5.92 Å². The molecule has 0 bridgehead atoms. The topological polar surface area (TPSA) is 46.6 Å². The summed E-state index contributed by atoms with van der Waals surface area (Å²) in [6.07, 6.45) is 7.83. The van der Waals surface area contributed by atoms with Crippen LogP contribution < -0.4 is 4.74 Å². The molecule has 3 atom stereocenters. The Bertz CT molecular complexity index is 671. The van der Waals surface area contributed by atoms with Crippen LogP contribution in [0.1, 0.15) is 44.6 Å². The van der Waals surface area contributed by atoms with Gasteiger partial charge in [-0.2, -0.15) is 0 Å². The van der Waals surface area contributed by atoms with Crippen LogP contribution in [-0.4, -0.2) is 38.8 Å². The summed E-state index contributed by atoms with van der Waals surface area (Å²) in [7, 11) is -1.77. The molecule has 1 heterocycles. The van der Waals surface area contributed by atoms with Gasteiger partial charge >= 0.3 is 0 Å². The number of ether oxygens (including phenoxy) is 1. The molecule has 23 heavy (non-hydrogen) atoms. The number of likely N-dealkylation sites (tertiary alicyclic amines) is 1. The second-order valence-electron chi connectivity index (χ2n) is 7.13. The van der Waals surface area contributed by atoms with Crippen LogP contribution in [0.4, 0.5) is 0 Å². The Morgan fingerprint density at radius 1 is 1.26 bits per heavy atom. The van der Waals surface area contributed by atoms with Crippen LogP contribution in [0.3, 0.4) is 0 Å². The second-order valence-corrected chi connectivity index (χ2v) is 9.11. The van der Waals surface area contributed by atoms with Crippen LogP contribution in [0.5, 0.6) is 5.75 Å². The zero-order valence-electron chi connectivity index (χ0n) is 14.3. The quantitative estimate of drug-likeness (QED) is 0.846. The van der Waals surface area contributed by atoms with Crippen molar-refractivity contribution in [1.29, 1.82) is 0 Å². The van der Waals surface area contributed by atoms with E-state index in [2.05, 4.69) is 11.8 Å². The SMILES string of the molecule is COc1ccc(CN2[C@H](C)C[C@@H]3CCCC[C@H]32)cc1S(C)(=O)=O. The highest BCUT2D eigenvalue weighted by atomic mass is 32.2. The van der Waals surface area contributed by atoms with Crippen molar-refractivity contribution >= 4 is 9.84 Å². The minimum atomic E-state index is -3.28. The van der Waals surface area contributed by atoms with Crippen LogP contribution in [-0.2, 0) is 16.4 Å². The van der Waals surface area contributed by atoms with Gasteiger partial charge in [0, 0.05) is 24.9 Å². The van der Waals surface area contributed by atoms with Gasteiger partial charge in [0.05, 0.1) is 7.11 Å². The van der Waals surface area contributed by atoms with E-state index in [-0.39, 0.29) is 0 Å². The third kappa shape index (κ3) is 3.41. The van der Waals surface area contributed by atoms with Crippen molar-refractivity contribution in [2.45, 2.75) is 62.6 Å². The van der Waals surface area contributed by atoms with Gasteiger partial charge in [-0.1, -0.05) is 18.9 Å². The lowest BCUT2D eigenvalue weighted by atomic mass is 9.85. The minimum absolute atomic E-state index is 0.296. The highest BCUT2D eigenvalue weighted by Gasteiger charge is 2.39. The molecule has 3 rings (SSSR count). The fraction of sp³-hybridized carbons (Fsp3) is 0.667. The van der Waals surface area contributed by atoms with E-state index in [4.69, 9.17) is 4.74 Å². The highest BCUT2D eigenvalue weighted by molar-refractivity contribution is 7.90. The molecule has 1 aliphatic carbocycles. The van der Waals surface area contributed by atoms with Gasteiger partial charge in [-0.3, -0.25) is 4.90 Å². The standard InChI is InChI=1S/C18H27NO3S/c1-13-10-15-6-4-5-7-16(15)19(13)12-14-8-9-17(22-2)18(11-14)23(3,20)21/h8-9,11,13,15-16H,4-7,10,12H2,1-3H3/t13-,15+,16-/m1/s1. The van der Waals surface area contributed by atoms with Gasteiger partial charge in [0.2, 0.25) is 0 Å². The fourth-order valence-corrected chi connectivity index (χ4v) is 5.28. The third-order valence-corrected chi connectivity index (χ3v) is 6.62. The molecule has 0 aromatic heterocycles. The molecule has 1 saturated heterocycles. The Morgan fingerprint density at radius 2 is 2.00 bits per heavy atom. The monoisotopic (exact) mass is 337 g/mol. The molecule has 5 heteroatoms. The lowest BCUT2D eigenvalue weighted by Crippen LogP contribution is -2.37. The summed E-state index contributed by atoms with van der Waals surface area (Å²) < 4.78 is 29.2.